The van der Waals surface area contributed by atoms with Gasteiger partial charge in [0.25, 0.3) is 11.7 Å². The minimum absolute atomic E-state index is 0.0396. The summed E-state index contributed by atoms with van der Waals surface area (Å²) >= 11 is 0. The van der Waals surface area contributed by atoms with Gasteiger partial charge in [-0.3, -0.25) is 14.5 Å². The van der Waals surface area contributed by atoms with Crippen molar-refractivity contribution in [3.8, 4) is 5.75 Å². The first-order valence-electron chi connectivity index (χ1n) is 11.4. The Morgan fingerprint density at radius 2 is 1.53 bits per heavy atom. The van der Waals surface area contributed by atoms with Crippen LogP contribution < -0.4 is 9.64 Å². The molecule has 3 aromatic carbocycles. The smallest absolute Gasteiger partial charge is 0.300 e. The van der Waals surface area contributed by atoms with Gasteiger partial charge in [0.2, 0.25) is 0 Å². The highest BCUT2D eigenvalue weighted by Gasteiger charge is 2.46. The number of carbonyl (C=O) groups excluding carboxylic acids is 2. The van der Waals surface area contributed by atoms with Crippen molar-refractivity contribution in [3.05, 3.63) is 101 Å². The van der Waals surface area contributed by atoms with E-state index in [0.717, 1.165) is 11.1 Å². The molecule has 0 radical (unpaired) electrons. The molecule has 0 aromatic heterocycles. The molecular weight excluding hydrogens is 426 g/mol. The summed E-state index contributed by atoms with van der Waals surface area (Å²) in [6, 6.07) is 23.1. The quantitative estimate of drug-likeness (QED) is 0.291. The van der Waals surface area contributed by atoms with Crippen LogP contribution in [0.2, 0.25) is 0 Å². The SMILES string of the molecule is CCOc1ccc(/C(O)=C2/C(=O)C(=O)N(c3ccccc3)C2c2ccc(C(C)(C)C)cc2)cc1. The van der Waals surface area contributed by atoms with Crippen molar-refractivity contribution in [2.75, 3.05) is 11.5 Å². The highest BCUT2D eigenvalue weighted by Crippen LogP contribution is 2.42. The van der Waals surface area contributed by atoms with Crippen LogP contribution in [0.25, 0.3) is 5.76 Å². The maximum absolute atomic E-state index is 13.2. The van der Waals surface area contributed by atoms with Gasteiger partial charge < -0.3 is 9.84 Å². The van der Waals surface area contributed by atoms with Crippen LogP contribution in [0, 0.1) is 0 Å². The van der Waals surface area contributed by atoms with Crippen molar-refractivity contribution in [1.29, 1.82) is 0 Å². The van der Waals surface area contributed by atoms with Crippen LogP contribution in [0.4, 0.5) is 5.69 Å². The summed E-state index contributed by atoms with van der Waals surface area (Å²) < 4.78 is 5.48. The molecule has 1 N–H and O–H groups in total. The molecule has 3 aromatic rings. The van der Waals surface area contributed by atoms with Crippen LogP contribution in [0.3, 0.4) is 0 Å². The number of hydrogen-bond acceptors (Lipinski definition) is 4. The van der Waals surface area contributed by atoms with Gasteiger partial charge in [-0.25, -0.2) is 0 Å². The minimum atomic E-state index is -0.747. The number of nitrogens with zero attached hydrogens (tertiary/aromatic N) is 1. The van der Waals surface area contributed by atoms with Crippen molar-refractivity contribution in [2.45, 2.75) is 39.2 Å². The Morgan fingerprint density at radius 1 is 0.912 bits per heavy atom. The van der Waals surface area contributed by atoms with Crippen LogP contribution >= 0.6 is 0 Å². The maximum Gasteiger partial charge on any atom is 0.300 e. The molecule has 1 heterocycles. The molecule has 174 valence electrons. The Hall–Kier alpha value is -3.86. The van der Waals surface area contributed by atoms with E-state index in [1.54, 1.807) is 36.4 Å². The molecular formula is C29H29NO4. The number of ether oxygens (including phenoxy) is 1. The normalized spacial score (nSPS) is 17.8. The summed E-state index contributed by atoms with van der Waals surface area (Å²) in [6.45, 7) is 8.81. The first kappa shape index (κ1) is 23.3. The van der Waals surface area contributed by atoms with E-state index >= 15 is 0 Å². The molecule has 34 heavy (non-hydrogen) atoms. The van der Waals surface area contributed by atoms with E-state index in [9.17, 15) is 14.7 Å². The molecule has 1 aliphatic heterocycles. The van der Waals surface area contributed by atoms with Crippen LogP contribution in [0.1, 0.15) is 50.4 Å². The topological polar surface area (TPSA) is 66.8 Å². The van der Waals surface area contributed by atoms with Crippen molar-refractivity contribution >= 4 is 23.1 Å². The third-order valence-electron chi connectivity index (χ3n) is 6.01. The zero-order valence-corrected chi connectivity index (χ0v) is 19.9. The number of rotatable bonds is 5. The van der Waals surface area contributed by atoms with Crippen LogP contribution in [-0.4, -0.2) is 23.4 Å². The second kappa shape index (κ2) is 9.18. The molecule has 4 rings (SSSR count). The zero-order chi connectivity index (χ0) is 24.5. The molecule has 1 atom stereocenters. The average Bonchev–Trinajstić information content (AvgIpc) is 3.10. The van der Waals surface area contributed by atoms with Gasteiger partial charge in [-0.1, -0.05) is 63.2 Å². The molecule has 0 bridgehead atoms. The second-order valence-corrected chi connectivity index (χ2v) is 9.33. The number of hydrogen-bond donors (Lipinski definition) is 1. The molecule has 5 heteroatoms. The van der Waals surface area contributed by atoms with Gasteiger partial charge in [-0.15, -0.1) is 0 Å². The van der Waals surface area contributed by atoms with E-state index in [1.165, 1.54) is 4.90 Å². The number of carbonyl (C=O) groups is 2. The lowest BCUT2D eigenvalue weighted by Crippen LogP contribution is -2.29. The maximum atomic E-state index is 13.2. The Labute approximate surface area is 200 Å². The Balaban J connectivity index is 1.87. The number of aliphatic hydroxyl groups excluding tert-OH is 1. The van der Waals surface area contributed by atoms with E-state index in [1.807, 2.05) is 49.4 Å². The van der Waals surface area contributed by atoms with Gasteiger partial charge in [0.05, 0.1) is 18.2 Å². The predicted octanol–water partition coefficient (Wildman–Crippen LogP) is 6.01. The third-order valence-corrected chi connectivity index (χ3v) is 6.01. The predicted molar refractivity (Wildman–Crippen MR) is 134 cm³/mol. The fraction of sp³-hybridized carbons (Fsp3) is 0.241. The van der Waals surface area contributed by atoms with E-state index in [2.05, 4.69) is 20.8 Å². The number of amides is 1. The Kier molecular flexibility index (Phi) is 6.29. The number of anilines is 1. The van der Waals surface area contributed by atoms with Gasteiger partial charge in [0.1, 0.15) is 11.5 Å². The van der Waals surface area contributed by atoms with E-state index < -0.39 is 17.7 Å². The summed E-state index contributed by atoms with van der Waals surface area (Å²) in [4.78, 5) is 27.9. The van der Waals surface area contributed by atoms with Crippen molar-refractivity contribution in [3.63, 3.8) is 0 Å². The van der Waals surface area contributed by atoms with Gasteiger partial charge in [-0.2, -0.15) is 0 Å². The second-order valence-electron chi connectivity index (χ2n) is 9.33. The minimum Gasteiger partial charge on any atom is -0.507 e. The van der Waals surface area contributed by atoms with Gasteiger partial charge in [0.15, 0.2) is 0 Å². The van der Waals surface area contributed by atoms with Gasteiger partial charge >= 0.3 is 0 Å². The Morgan fingerprint density at radius 3 is 2.09 bits per heavy atom. The van der Waals surface area contributed by atoms with Crippen LogP contribution in [-0.2, 0) is 15.0 Å². The molecule has 0 aliphatic carbocycles. The summed E-state index contributed by atoms with van der Waals surface area (Å²) in [7, 11) is 0. The lowest BCUT2D eigenvalue weighted by molar-refractivity contribution is -0.132. The number of para-hydroxylation sites is 1. The lowest BCUT2D eigenvalue weighted by Gasteiger charge is -2.26. The monoisotopic (exact) mass is 455 g/mol. The third kappa shape index (κ3) is 4.34. The highest BCUT2D eigenvalue weighted by molar-refractivity contribution is 6.51. The Bertz CT molecular complexity index is 1220. The summed E-state index contributed by atoms with van der Waals surface area (Å²) in [5.41, 5.74) is 2.97. The number of ketones is 1. The summed E-state index contributed by atoms with van der Waals surface area (Å²) in [5.74, 6) is -0.911. The first-order chi connectivity index (χ1) is 16.2. The lowest BCUT2D eigenvalue weighted by atomic mass is 9.85. The summed E-state index contributed by atoms with van der Waals surface area (Å²) in [6.07, 6.45) is 0. The molecule has 5 nitrogen and oxygen atoms in total. The fourth-order valence-electron chi connectivity index (χ4n) is 4.20. The van der Waals surface area contributed by atoms with E-state index in [0.29, 0.717) is 23.6 Å². The standard InChI is InChI=1S/C29H29NO4/c1-5-34-23-17-13-20(14-18-23)26(31)24-25(19-11-15-21(16-12-19)29(2,3)4)30(28(33)27(24)32)22-9-7-6-8-10-22/h6-18,25,31H,5H2,1-4H3/b26-24-. The van der Waals surface area contributed by atoms with Gasteiger partial charge in [0, 0.05) is 11.3 Å². The van der Waals surface area contributed by atoms with Crippen molar-refractivity contribution < 1.29 is 19.4 Å². The molecule has 1 fully saturated rings. The van der Waals surface area contributed by atoms with E-state index in [-0.39, 0.29) is 16.7 Å². The fourth-order valence-corrected chi connectivity index (χ4v) is 4.20. The largest absolute Gasteiger partial charge is 0.507 e. The van der Waals surface area contributed by atoms with Crippen molar-refractivity contribution in [1.82, 2.24) is 0 Å². The highest BCUT2D eigenvalue weighted by atomic mass is 16.5. The molecule has 1 aliphatic rings. The van der Waals surface area contributed by atoms with Crippen molar-refractivity contribution in [2.24, 2.45) is 0 Å². The molecule has 1 saturated heterocycles. The van der Waals surface area contributed by atoms with Crippen LogP contribution in [0.5, 0.6) is 5.75 Å². The average molecular weight is 456 g/mol. The van der Waals surface area contributed by atoms with Gasteiger partial charge in [-0.05, 0) is 59.9 Å². The van der Waals surface area contributed by atoms with Crippen LogP contribution in [0.15, 0.2) is 84.4 Å². The number of benzene rings is 3. The molecule has 0 spiro atoms. The van der Waals surface area contributed by atoms with E-state index in [4.69, 9.17) is 4.74 Å². The molecule has 0 saturated carbocycles. The summed E-state index contributed by atoms with van der Waals surface area (Å²) in [5, 5.41) is 11.2. The number of Topliss-reactive ketones (excluding diaryl/α,β-unsaturated/α-hetero) is 1. The molecule has 1 unspecified atom stereocenters. The first-order valence-corrected chi connectivity index (χ1v) is 11.4. The molecule has 1 amide bonds. The zero-order valence-electron chi connectivity index (χ0n) is 19.9. The number of aliphatic hydroxyl groups is 1.